The number of amides is 1. The number of nitrogens with one attached hydrogen (secondary N) is 2. The summed E-state index contributed by atoms with van der Waals surface area (Å²) in [6.07, 6.45) is 0.858. The molecule has 0 saturated heterocycles. The zero-order valence-electron chi connectivity index (χ0n) is 13.5. The van der Waals surface area contributed by atoms with Crippen molar-refractivity contribution in [2.45, 2.75) is 32.0 Å². The zero-order valence-corrected chi connectivity index (χ0v) is 15.8. The van der Waals surface area contributed by atoms with E-state index in [1.54, 1.807) is 6.07 Å². The van der Waals surface area contributed by atoms with E-state index >= 15 is 0 Å². The van der Waals surface area contributed by atoms with Gasteiger partial charge in [-0.3, -0.25) is 4.79 Å². The van der Waals surface area contributed by atoms with Gasteiger partial charge in [0.05, 0.1) is 0 Å². The van der Waals surface area contributed by atoms with Crippen LogP contribution in [0, 0.1) is 5.92 Å². The average molecular weight is 398 g/mol. The van der Waals surface area contributed by atoms with Gasteiger partial charge >= 0.3 is 0 Å². The predicted octanol–water partition coefficient (Wildman–Crippen LogP) is 4.44. The molecule has 0 spiro atoms. The average Bonchev–Trinajstić information content (AvgIpc) is 3.22. The number of hydrogen-bond acceptors (Lipinski definition) is 2. The number of benzene rings is 2. The molecule has 2 N–H and O–H groups in total. The van der Waals surface area contributed by atoms with E-state index in [1.165, 1.54) is 11.1 Å². The summed E-state index contributed by atoms with van der Waals surface area (Å²) in [6.45, 7) is 2.43. The monoisotopic (exact) mass is 396 g/mol. The lowest BCUT2D eigenvalue weighted by molar-refractivity contribution is -0.122. The molecule has 4 rings (SSSR count). The molecule has 3 nitrogen and oxygen atoms in total. The molecule has 6 heteroatoms. The summed E-state index contributed by atoms with van der Waals surface area (Å²) >= 11 is 12.1. The van der Waals surface area contributed by atoms with Gasteiger partial charge in [-0.1, -0.05) is 41.4 Å². The van der Waals surface area contributed by atoms with Crippen LogP contribution >= 0.6 is 35.6 Å². The van der Waals surface area contributed by atoms with Gasteiger partial charge in [-0.2, -0.15) is 0 Å². The van der Waals surface area contributed by atoms with Crippen LogP contribution < -0.4 is 10.6 Å². The van der Waals surface area contributed by atoms with Gasteiger partial charge in [-0.05, 0) is 52.8 Å². The Kier molecular flexibility index (Phi) is 5.59. The first-order chi connectivity index (χ1) is 11.6. The minimum atomic E-state index is 0. The highest BCUT2D eigenvalue weighted by Crippen LogP contribution is 2.48. The van der Waals surface area contributed by atoms with Crippen LogP contribution in [0.15, 0.2) is 36.4 Å². The number of halogens is 3. The molecule has 1 amide bonds. The highest BCUT2D eigenvalue weighted by molar-refractivity contribution is 6.34. The van der Waals surface area contributed by atoms with Crippen molar-refractivity contribution in [1.29, 1.82) is 0 Å². The molecule has 2 aromatic rings. The van der Waals surface area contributed by atoms with Crippen molar-refractivity contribution in [2.24, 2.45) is 5.92 Å². The molecule has 2 aromatic carbocycles. The molecule has 0 aromatic heterocycles. The normalized spacial score (nSPS) is 20.6. The summed E-state index contributed by atoms with van der Waals surface area (Å²) < 4.78 is 0. The van der Waals surface area contributed by atoms with E-state index in [4.69, 9.17) is 23.2 Å². The third-order valence-electron chi connectivity index (χ3n) is 4.81. The van der Waals surface area contributed by atoms with E-state index in [0.29, 0.717) is 16.6 Å². The van der Waals surface area contributed by atoms with Gasteiger partial charge in [0.15, 0.2) is 0 Å². The second-order valence-corrected chi connectivity index (χ2v) is 7.45. The van der Waals surface area contributed by atoms with Crippen molar-refractivity contribution in [3.8, 4) is 0 Å². The van der Waals surface area contributed by atoms with Gasteiger partial charge in [0.25, 0.3) is 0 Å². The molecule has 2 aliphatic rings. The quantitative estimate of drug-likeness (QED) is 0.801. The molecular weight excluding hydrogens is 379 g/mol. The van der Waals surface area contributed by atoms with Gasteiger partial charge in [0, 0.05) is 35.6 Å². The highest BCUT2D eigenvalue weighted by Gasteiger charge is 2.44. The minimum Gasteiger partial charge on any atom is -0.352 e. The zero-order chi connectivity index (χ0) is 16.7. The van der Waals surface area contributed by atoms with E-state index in [-0.39, 0.29) is 30.2 Å². The number of carbonyl (C=O) groups excluding carboxylic acids is 1. The van der Waals surface area contributed by atoms with Crippen molar-refractivity contribution in [3.05, 3.63) is 68.7 Å². The number of hydrogen-bond donors (Lipinski definition) is 2. The molecule has 132 valence electrons. The summed E-state index contributed by atoms with van der Waals surface area (Å²) in [4.78, 5) is 12.4. The fraction of sp³-hybridized carbons (Fsp3) is 0.316. The van der Waals surface area contributed by atoms with Crippen molar-refractivity contribution in [3.63, 3.8) is 0 Å². The topological polar surface area (TPSA) is 41.1 Å². The summed E-state index contributed by atoms with van der Waals surface area (Å²) in [5.41, 5.74) is 4.88. The molecule has 2 unspecified atom stereocenters. The largest absolute Gasteiger partial charge is 0.352 e. The van der Waals surface area contributed by atoms with E-state index < -0.39 is 0 Å². The predicted molar refractivity (Wildman–Crippen MR) is 103 cm³/mol. The van der Waals surface area contributed by atoms with Crippen molar-refractivity contribution in [2.75, 3.05) is 0 Å². The highest BCUT2D eigenvalue weighted by atomic mass is 35.5. The van der Waals surface area contributed by atoms with Gasteiger partial charge in [0.1, 0.15) is 0 Å². The number of fused-ring (bicyclic) bond motifs is 1. The van der Waals surface area contributed by atoms with E-state index in [9.17, 15) is 4.79 Å². The first-order valence-corrected chi connectivity index (χ1v) is 8.91. The Hall–Kier alpha value is -1.26. The molecule has 2 atom stereocenters. The van der Waals surface area contributed by atoms with Crippen LogP contribution in [0.25, 0.3) is 0 Å². The van der Waals surface area contributed by atoms with Gasteiger partial charge in [-0.25, -0.2) is 0 Å². The molecule has 1 fully saturated rings. The fourth-order valence-corrected chi connectivity index (χ4v) is 3.96. The third kappa shape index (κ3) is 4.12. The number of rotatable bonds is 4. The van der Waals surface area contributed by atoms with Crippen molar-refractivity contribution >= 4 is 41.5 Å². The molecule has 1 aliphatic heterocycles. The van der Waals surface area contributed by atoms with Crippen LogP contribution in [0.1, 0.15) is 34.6 Å². The summed E-state index contributed by atoms with van der Waals surface area (Å²) in [7, 11) is 0. The first kappa shape index (κ1) is 18.5. The van der Waals surface area contributed by atoms with Gasteiger partial charge in [0.2, 0.25) is 5.91 Å². The minimum absolute atomic E-state index is 0. The fourth-order valence-electron chi connectivity index (χ4n) is 3.42. The summed E-state index contributed by atoms with van der Waals surface area (Å²) in [5, 5.41) is 7.63. The summed E-state index contributed by atoms with van der Waals surface area (Å²) in [6, 6.07) is 11.9. The Morgan fingerprint density at radius 3 is 2.56 bits per heavy atom. The molecule has 1 saturated carbocycles. The van der Waals surface area contributed by atoms with Gasteiger partial charge in [-0.15, -0.1) is 12.4 Å². The molecule has 25 heavy (non-hydrogen) atoms. The molecule has 1 heterocycles. The molecule has 1 aliphatic carbocycles. The van der Waals surface area contributed by atoms with Crippen LogP contribution in [0.5, 0.6) is 0 Å². The molecule has 0 bridgehead atoms. The van der Waals surface area contributed by atoms with Crippen LogP contribution in [-0.2, 0) is 24.4 Å². The van der Waals surface area contributed by atoms with E-state index in [1.807, 2.05) is 12.1 Å². The van der Waals surface area contributed by atoms with Crippen LogP contribution in [0.4, 0.5) is 0 Å². The number of carbonyl (C=O) groups is 1. The lowest BCUT2D eigenvalue weighted by atomic mass is 10.1. The lowest BCUT2D eigenvalue weighted by Crippen LogP contribution is -2.24. The second kappa shape index (κ2) is 7.55. The van der Waals surface area contributed by atoms with Crippen LogP contribution in [0.2, 0.25) is 10.0 Å². The van der Waals surface area contributed by atoms with Crippen molar-refractivity contribution in [1.82, 2.24) is 10.6 Å². The lowest BCUT2D eigenvalue weighted by Gasteiger charge is -2.07. The van der Waals surface area contributed by atoms with Crippen molar-refractivity contribution < 1.29 is 4.79 Å². The maximum atomic E-state index is 12.4. The smallest absolute Gasteiger partial charge is 0.224 e. The summed E-state index contributed by atoms with van der Waals surface area (Å²) in [5.74, 6) is 0.357. The Balaban J connectivity index is 0.00000182. The Morgan fingerprint density at radius 1 is 1.08 bits per heavy atom. The van der Waals surface area contributed by atoms with Crippen LogP contribution in [0.3, 0.4) is 0 Å². The maximum absolute atomic E-state index is 12.4. The van der Waals surface area contributed by atoms with Gasteiger partial charge < -0.3 is 10.6 Å². The first-order valence-electron chi connectivity index (χ1n) is 8.15. The Morgan fingerprint density at radius 2 is 1.80 bits per heavy atom. The third-order valence-corrected chi connectivity index (χ3v) is 5.25. The second-order valence-electron chi connectivity index (χ2n) is 6.58. The van der Waals surface area contributed by atoms with Crippen LogP contribution in [-0.4, -0.2) is 5.91 Å². The maximum Gasteiger partial charge on any atom is 0.224 e. The SMILES string of the molecule is Cl.O=C(NCc1ccc2c(c1)CNC2)C1CC1c1cc(Cl)cc(Cl)c1. The molecular formula is C19H19Cl3N2O. The standard InChI is InChI=1S/C19H18Cl2N2O.ClH/c20-15-4-13(5-16(21)6-15)17-7-18(17)19(24)23-8-11-1-2-12-9-22-10-14(12)3-11;/h1-6,17-18,22H,7-10H2,(H,23,24);1H. The Labute approximate surface area is 163 Å². The Bertz CT molecular complexity index is 789. The van der Waals surface area contributed by atoms with E-state index in [0.717, 1.165) is 30.6 Å². The molecule has 0 radical (unpaired) electrons. The van der Waals surface area contributed by atoms with E-state index in [2.05, 4.69) is 28.8 Å².